The van der Waals surface area contributed by atoms with E-state index in [1.54, 1.807) is 0 Å². The minimum atomic E-state index is -4.94. The Morgan fingerprint density at radius 2 is 1.43 bits per heavy atom. The molecule has 14 heteroatoms. The second-order valence-electron chi connectivity index (χ2n) is 7.97. The van der Waals surface area contributed by atoms with E-state index in [1.807, 2.05) is 0 Å². The van der Waals surface area contributed by atoms with Gasteiger partial charge in [0.25, 0.3) is 5.69 Å². The first-order valence-electron chi connectivity index (χ1n) is 11.3. The highest BCUT2D eigenvalue weighted by atomic mass is 32.2. The first-order valence-corrected chi connectivity index (χ1v) is 12.7. The predicted molar refractivity (Wildman–Crippen MR) is 142 cm³/mol. The highest BCUT2D eigenvalue weighted by Crippen LogP contribution is 2.44. The van der Waals surface area contributed by atoms with Crippen LogP contribution in [0.2, 0.25) is 0 Å². The maximum atomic E-state index is 13.9. The van der Waals surface area contributed by atoms with Crippen LogP contribution in [0, 0.1) is 10.1 Å². The molecule has 0 spiro atoms. The van der Waals surface area contributed by atoms with E-state index >= 15 is 0 Å². The number of rotatable bonds is 10. The van der Waals surface area contributed by atoms with E-state index in [-0.39, 0.29) is 51.0 Å². The highest BCUT2D eigenvalue weighted by Gasteiger charge is 2.32. The first kappa shape index (κ1) is 28.0. The SMILES string of the molecule is COc1cc(OC)c2c(=O)c(OS(=O)(=O)c3ccccc3[N+](=O)[O-])c(-c3cc(OC)c(OC)c(OC)c3)oc2c1. The summed E-state index contributed by atoms with van der Waals surface area (Å²) in [4.78, 5) is 23.8. The van der Waals surface area contributed by atoms with Crippen LogP contribution in [-0.2, 0) is 10.1 Å². The number of nitro benzene ring substituents is 1. The predicted octanol–water partition coefficient (Wildman–Crippen LogP) is 4.18. The molecule has 4 aromatic rings. The van der Waals surface area contributed by atoms with E-state index in [2.05, 4.69) is 0 Å². The van der Waals surface area contributed by atoms with Gasteiger partial charge in [0.15, 0.2) is 22.2 Å². The molecule has 0 amide bonds. The number of hydrogen-bond donors (Lipinski definition) is 0. The van der Waals surface area contributed by atoms with Gasteiger partial charge >= 0.3 is 10.1 Å². The van der Waals surface area contributed by atoms with Gasteiger partial charge in [0.05, 0.1) is 40.5 Å². The van der Waals surface area contributed by atoms with Crippen molar-refractivity contribution in [2.75, 3.05) is 35.5 Å². The zero-order valence-corrected chi connectivity index (χ0v) is 22.7. The minimum Gasteiger partial charge on any atom is -0.496 e. The lowest BCUT2D eigenvalue weighted by atomic mass is 10.1. The van der Waals surface area contributed by atoms with E-state index in [0.29, 0.717) is 0 Å². The summed E-state index contributed by atoms with van der Waals surface area (Å²) in [5.41, 5.74) is -1.61. The minimum absolute atomic E-state index is 0.00693. The standard InChI is InChI=1S/C26H23NO12S/c1-33-15-12-17(34-2)22-18(13-15)38-24(14-10-19(35-3)25(37-5)20(11-14)36-4)26(23(22)28)39-40(31,32)21-9-7-6-8-16(21)27(29)30/h6-13H,1-5H3. The second kappa shape index (κ2) is 11.0. The van der Waals surface area contributed by atoms with Gasteiger partial charge in [0.1, 0.15) is 22.5 Å². The van der Waals surface area contributed by atoms with Crippen molar-refractivity contribution in [3.63, 3.8) is 0 Å². The van der Waals surface area contributed by atoms with Crippen molar-refractivity contribution >= 4 is 26.8 Å². The van der Waals surface area contributed by atoms with Crippen molar-refractivity contribution in [1.82, 2.24) is 0 Å². The van der Waals surface area contributed by atoms with Crippen LogP contribution < -0.4 is 33.3 Å². The molecule has 0 bridgehead atoms. The second-order valence-corrected chi connectivity index (χ2v) is 9.48. The van der Waals surface area contributed by atoms with Gasteiger partial charge in [-0.3, -0.25) is 14.9 Å². The van der Waals surface area contributed by atoms with Crippen LogP contribution in [0.4, 0.5) is 5.69 Å². The van der Waals surface area contributed by atoms with Crippen molar-refractivity contribution in [3.8, 4) is 45.8 Å². The van der Waals surface area contributed by atoms with Crippen molar-refractivity contribution in [3.05, 3.63) is 68.9 Å². The van der Waals surface area contributed by atoms with Crippen LogP contribution in [-0.4, -0.2) is 48.9 Å². The van der Waals surface area contributed by atoms with E-state index in [4.69, 9.17) is 32.3 Å². The molecule has 0 N–H and O–H groups in total. The quantitative estimate of drug-likeness (QED) is 0.151. The lowest BCUT2D eigenvalue weighted by molar-refractivity contribution is -0.387. The maximum Gasteiger partial charge on any atom is 0.346 e. The Kier molecular flexibility index (Phi) is 7.72. The van der Waals surface area contributed by atoms with Gasteiger partial charge in [0.2, 0.25) is 16.9 Å². The summed E-state index contributed by atoms with van der Waals surface area (Å²) in [6.07, 6.45) is 0. The van der Waals surface area contributed by atoms with Gasteiger partial charge < -0.3 is 32.3 Å². The number of nitro groups is 1. The number of para-hydroxylation sites is 1. The van der Waals surface area contributed by atoms with Gasteiger partial charge in [0, 0.05) is 23.8 Å². The third kappa shape index (κ3) is 4.91. The first-order chi connectivity index (χ1) is 19.1. The molecular weight excluding hydrogens is 550 g/mol. The molecule has 1 heterocycles. The third-order valence-corrected chi connectivity index (χ3v) is 7.07. The lowest BCUT2D eigenvalue weighted by Gasteiger charge is -2.16. The topological polar surface area (TPSA) is 163 Å². The van der Waals surface area contributed by atoms with Crippen LogP contribution in [0.25, 0.3) is 22.3 Å². The Hall–Kier alpha value is -4.98. The summed E-state index contributed by atoms with van der Waals surface area (Å²) < 4.78 is 64.8. The normalized spacial score (nSPS) is 11.1. The zero-order chi connectivity index (χ0) is 29.2. The smallest absolute Gasteiger partial charge is 0.346 e. The third-order valence-electron chi connectivity index (χ3n) is 5.80. The van der Waals surface area contributed by atoms with Crippen LogP contribution in [0.5, 0.6) is 34.5 Å². The van der Waals surface area contributed by atoms with E-state index in [0.717, 1.165) is 12.1 Å². The molecule has 0 atom stereocenters. The van der Waals surface area contributed by atoms with Crippen molar-refractivity contribution in [2.45, 2.75) is 4.90 Å². The summed E-state index contributed by atoms with van der Waals surface area (Å²) in [7, 11) is 1.88. The van der Waals surface area contributed by atoms with Crippen molar-refractivity contribution in [1.29, 1.82) is 0 Å². The summed E-state index contributed by atoms with van der Waals surface area (Å²) >= 11 is 0. The van der Waals surface area contributed by atoms with Gasteiger partial charge in [-0.05, 0) is 18.2 Å². The number of hydrogen-bond acceptors (Lipinski definition) is 12. The molecule has 3 aromatic carbocycles. The molecule has 0 saturated heterocycles. The fourth-order valence-corrected chi connectivity index (χ4v) is 5.08. The monoisotopic (exact) mass is 573 g/mol. The molecular formula is C26H23NO12S. The Labute approximate surface area is 227 Å². The summed E-state index contributed by atoms with van der Waals surface area (Å²) in [6, 6.07) is 10.2. The van der Waals surface area contributed by atoms with Crippen LogP contribution in [0.1, 0.15) is 0 Å². The maximum absolute atomic E-state index is 13.9. The van der Waals surface area contributed by atoms with Crippen molar-refractivity contribution in [2.24, 2.45) is 0 Å². The molecule has 0 fully saturated rings. The van der Waals surface area contributed by atoms with E-state index in [1.165, 1.54) is 71.9 Å². The number of methoxy groups -OCH3 is 5. The summed E-state index contributed by atoms with van der Waals surface area (Å²) in [5.74, 6) is -0.310. The number of nitrogens with zero attached hydrogens (tertiary/aromatic N) is 1. The summed E-state index contributed by atoms with van der Waals surface area (Å²) in [5, 5.41) is 11.4. The number of fused-ring (bicyclic) bond motifs is 1. The largest absolute Gasteiger partial charge is 0.496 e. The van der Waals surface area contributed by atoms with E-state index in [9.17, 15) is 23.3 Å². The number of benzene rings is 3. The van der Waals surface area contributed by atoms with Gasteiger partial charge in [-0.15, -0.1) is 0 Å². The molecule has 1 aromatic heterocycles. The average Bonchev–Trinajstić information content (AvgIpc) is 2.96. The molecule has 4 rings (SSSR count). The Balaban J connectivity index is 2.10. The molecule has 0 aliphatic rings. The van der Waals surface area contributed by atoms with Crippen LogP contribution >= 0.6 is 0 Å². The molecule has 210 valence electrons. The molecule has 13 nitrogen and oxygen atoms in total. The molecule has 0 radical (unpaired) electrons. The molecule has 0 aliphatic carbocycles. The van der Waals surface area contributed by atoms with Gasteiger partial charge in [-0.25, -0.2) is 0 Å². The summed E-state index contributed by atoms with van der Waals surface area (Å²) in [6.45, 7) is 0. The fraction of sp³-hybridized carbons (Fsp3) is 0.192. The Bertz CT molecular complexity index is 1750. The van der Waals surface area contributed by atoms with Crippen LogP contribution in [0.15, 0.2) is 62.6 Å². The molecule has 0 aliphatic heterocycles. The van der Waals surface area contributed by atoms with Gasteiger partial charge in [-0.1, -0.05) is 12.1 Å². The molecule has 0 saturated carbocycles. The van der Waals surface area contributed by atoms with Gasteiger partial charge in [-0.2, -0.15) is 8.42 Å². The fourth-order valence-electron chi connectivity index (χ4n) is 3.97. The average molecular weight is 574 g/mol. The van der Waals surface area contributed by atoms with Crippen LogP contribution in [0.3, 0.4) is 0 Å². The zero-order valence-electron chi connectivity index (χ0n) is 21.9. The van der Waals surface area contributed by atoms with E-state index < -0.39 is 36.8 Å². The number of ether oxygens (including phenoxy) is 5. The lowest BCUT2D eigenvalue weighted by Crippen LogP contribution is -2.18. The Morgan fingerprint density at radius 3 is 1.98 bits per heavy atom. The molecule has 40 heavy (non-hydrogen) atoms. The Morgan fingerprint density at radius 1 is 0.800 bits per heavy atom. The molecule has 0 unspecified atom stereocenters. The van der Waals surface area contributed by atoms with Crippen molar-refractivity contribution < 1.29 is 45.6 Å². The highest BCUT2D eigenvalue weighted by molar-refractivity contribution is 7.87.